The molecule has 0 aromatic heterocycles. The van der Waals surface area contributed by atoms with Crippen molar-refractivity contribution in [2.45, 2.75) is 6.42 Å². The fourth-order valence-corrected chi connectivity index (χ4v) is 3.47. The Morgan fingerprint density at radius 1 is 0.885 bits per heavy atom. The van der Waals surface area contributed by atoms with Gasteiger partial charge < -0.3 is 15.5 Å². The van der Waals surface area contributed by atoms with Crippen molar-refractivity contribution in [3.05, 3.63) is 63.6 Å². The highest BCUT2D eigenvalue weighted by molar-refractivity contribution is 6.35. The summed E-state index contributed by atoms with van der Waals surface area (Å²) in [5.74, 6) is -0.0762. The molecule has 1 aliphatic heterocycles. The third-order valence-corrected chi connectivity index (χ3v) is 4.80. The molecule has 0 atom stereocenters. The molecule has 0 unspecified atom stereocenters. The van der Waals surface area contributed by atoms with Crippen LogP contribution >= 0.6 is 23.2 Å². The highest BCUT2D eigenvalue weighted by Crippen LogP contribution is 2.21. The number of hydrogen-bond donors (Lipinski definition) is 1. The topological polar surface area (TPSA) is 66.6 Å². The molecule has 0 bridgehead atoms. The van der Waals surface area contributed by atoms with Crippen molar-refractivity contribution < 1.29 is 9.59 Å². The zero-order chi connectivity index (χ0) is 18.7. The van der Waals surface area contributed by atoms with Gasteiger partial charge in [0.2, 0.25) is 5.91 Å². The Kier molecular flexibility index (Phi) is 5.69. The van der Waals surface area contributed by atoms with Crippen LogP contribution in [0.1, 0.15) is 15.9 Å². The number of hydrogen-bond acceptors (Lipinski definition) is 3. The van der Waals surface area contributed by atoms with Crippen molar-refractivity contribution >= 4 is 40.7 Å². The van der Waals surface area contributed by atoms with Gasteiger partial charge in [0.1, 0.15) is 0 Å². The molecular weight excluding hydrogens is 373 g/mol. The normalized spacial score (nSPS) is 14.4. The summed E-state index contributed by atoms with van der Waals surface area (Å²) in [6.45, 7) is 1.98. The molecule has 0 radical (unpaired) electrons. The van der Waals surface area contributed by atoms with E-state index in [1.807, 2.05) is 12.1 Å². The number of anilines is 1. The van der Waals surface area contributed by atoms with Crippen molar-refractivity contribution in [3.63, 3.8) is 0 Å². The third kappa shape index (κ3) is 4.48. The van der Waals surface area contributed by atoms with E-state index in [2.05, 4.69) is 0 Å². The van der Waals surface area contributed by atoms with Gasteiger partial charge in [-0.1, -0.05) is 35.3 Å². The van der Waals surface area contributed by atoms with E-state index in [4.69, 9.17) is 28.9 Å². The lowest BCUT2D eigenvalue weighted by Gasteiger charge is -2.35. The van der Waals surface area contributed by atoms with Gasteiger partial charge in [0.25, 0.3) is 5.91 Å². The minimum Gasteiger partial charge on any atom is -0.399 e. The van der Waals surface area contributed by atoms with Crippen molar-refractivity contribution in [1.82, 2.24) is 9.80 Å². The zero-order valence-corrected chi connectivity index (χ0v) is 15.6. The summed E-state index contributed by atoms with van der Waals surface area (Å²) in [5, 5.41) is 0.858. The standard InChI is InChI=1S/C19H19Cl2N3O2/c20-15-10-14(11-16(21)12-15)19(26)24-7-5-23(6-8-24)18(25)9-13-1-3-17(22)4-2-13/h1-4,10-12H,5-9,22H2. The maximum absolute atomic E-state index is 12.6. The Morgan fingerprint density at radius 3 is 2.00 bits per heavy atom. The second-order valence-corrected chi connectivity index (χ2v) is 7.12. The molecule has 5 nitrogen and oxygen atoms in total. The largest absolute Gasteiger partial charge is 0.399 e. The Balaban J connectivity index is 1.57. The van der Waals surface area contributed by atoms with Crippen molar-refractivity contribution in [1.29, 1.82) is 0 Å². The molecule has 2 amide bonds. The van der Waals surface area contributed by atoms with E-state index < -0.39 is 0 Å². The molecule has 26 heavy (non-hydrogen) atoms. The van der Waals surface area contributed by atoms with Crippen LogP contribution in [0, 0.1) is 0 Å². The number of piperazine rings is 1. The van der Waals surface area contributed by atoms with Gasteiger partial charge in [-0.05, 0) is 35.9 Å². The van der Waals surface area contributed by atoms with Gasteiger partial charge in [-0.2, -0.15) is 0 Å². The van der Waals surface area contributed by atoms with Crippen LogP contribution in [0.15, 0.2) is 42.5 Å². The molecule has 1 fully saturated rings. The molecule has 2 N–H and O–H groups in total. The van der Waals surface area contributed by atoms with E-state index in [0.717, 1.165) is 5.56 Å². The van der Waals surface area contributed by atoms with E-state index in [1.165, 1.54) is 0 Å². The molecule has 1 heterocycles. The Bertz CT molecular complexity index is 796. The van der Waals surface area contributed by atoms with Gasteiger partial charge >= 0.3 is 0 Å². The highest BCUT2D eigenvalue weighted by Gasteiger charge is 2.25. The maximum atomic E-state index is 12.6. The number of benzene rings is 2. The predicted octanol–water partition coefficient (Wildman–Crippen LogP) is 3.10. The van der Waals surface area contributed by atoms with Crippen LogP contribution in [0.2, 0.25) is 10.0 Å². The Labute approximate surface area is 162 Å². The maximum Gasteiger partial charge on any atom is 0.254 e. The van der Waals surface area contributed by atoms with Crippen molar-refractivity contribution in [2.75, 3.05) is 31.9 Å². The predicted molar refractivity (Wildman–Crippen MR) is 104 cm³/mol. The fourth-order valence-electron chi connectivity index (χ4n) is 2.94. The second kappa shape index (κ2) is 7.98. The average molecular weight is 392 g/mol. The van der Waals surface area contributed by atoms with Gasteiger partial charge in [0.05, 0.1) is 6.42 Å². The molecule has 1 aliphatic rings. The number of nitrogen functional groups attached to an aromatic ring is 1. The number of carbonyl (C=O) groups is 2. The number of nitrogens with zero attached hydrogens (tertiary/aromatic N) is 2. The number of amides is 2. The van der Waals surface area contributed by atoms with E-state index in [0.29, 0.717) is 53.9 Å². The van der Waals surface area contributed by atoms with Crippen LogP contribution in [-0.2, 0) is 11.2 Å². The quantitative estimate of drug-likeness (QED) is 0.817. The summed E-state index contributed by atoms with van der Waals surface area (Å²) in [6, 6.07) is 12.1. The molecule has 7 heteroatoms. The van der Waals surface area contributed by atoms with Gasteiger partial charge in [-0.3, -0.25) is 9.59 Å². The summed E-state index contributed by atoms with van der Waals surface area (Å²) in [5.41, 5.74) is 7.73. The van der Waals surface area contributed by atoms with Gasteiger partial charge in [0.15, 0.2) is 0 Å². The van der Waals surface area contributed by atoms with Gasteiger partial charge in [-0.25, -0.2) is 0 Å². The number of carbonyl (C=O) groups excluding carboxylic acids is 2. The van der Waals surface area contributed by atoms with Crippen LogP contribution < -0.4 is 5.73 Å². The molecule has 1 saturated heterocycles. The summed E-state index contributed by atoms with van der Waals surface area (Å²) in [7, 11) is 0. The first-order valence-electron chi connectivity index (χ1n) is 8.30. The first kappa shape index (κ1) is 18.5. The minimum absolute atomic E-state index is 0.0488. The monoisotopic (exact) mass is 391 g/mol. The van der Waals surface area contributed by atoms with E-state index in [-0.39, 0.29) is 11.8 Å². The summed E-state index contributed by atoms with van der Waals surface area (Å²) >= 11 is 11.9. The van der Waals surface area contributed by atoms with Gasteiger partial charge in [0, 0.05) is 47.5 Å². The zero-order valence-electron chi connectivity index (χ0n) is 14.1. The second-order valence-electron chi connectivity index (χ2n) is 6.25. The SMILES string of the molecule is Nc1ccc(CC(=O)N2CCN(C(=O)c3cc(Cl)cc(Cl)c3)CC2)cc1. The fraction of sp³-hybridized carbons (Fsp3) is 0.263. The Hall–Kier alpha value is -2.24. The summed E-state index contributed by atoms with van der Waals surface area (Å²) < 4.78 is 0. The third-order valence-electron chi connectivity index (χ3n) is 4.36. The average Bonchev–Trinajstić information content (AvgIpc) is 2.62. The van der Waals surface area contributed by atoms with Gasteiger partial charge in [-0.15, -0.1) is 0 Å². The smallest absolute Gasteiger partial charge is 0.254 e. The lowest BCUT2D eigenvalue weighted by atomic mass is 10.1. The Morgan fingerprint density at radius 2 is 1.42 bits per heavy atom. The van der Waals surface area contributed by atoms with E-state index in [1.54, 1.807) is 40.1 Å². The number of nitrogens with two attached hydrogens (primary N) is 1. The van der Waals surface area contributed by atoms with Crippen LogP contribution in [0.5, 0.6) is 0 Å². The van der Waals surface area contributed by atoms with E-state index >= 15 is 0 Å². The first-order valence-corrected chi connectivity index (χ1v) is 9.05. The molecule has 0 aliphatic carbocycles. The molecule has 0 spiro atoms. The first-order chi connectivity index (χ1) is 12.4. The molecule has 2 aromatic rings. The summed E-state index contributed by atoms with van der Waals surface area (Å²) in [6.07, 6.45) is 0.331. The van der Waals surface area contributed by atoms with Crippen LogP contribution in [-0.4, -0.2) is 47.8 Å². The molecule has 136 valence electrons. The van der Waals surface area contributed by atoms with E-state index in [9.17, 15) is 9.59 Å². The molecular formula is C19H19Cl2N3O2. The molecule has 3 rings (SSSR count). The van der Waals surface area contributed by atoms with Crippen LogP contribution in [0.3, 0.4) is 0 Å². The van der Waals surface area contributed by atoms with Crippen molar-refractivity contribution in [2.24, 2.45) is 0 Å². The highest BCUT2D eigenvalue weighted by atomic mass is 35.5. The number of rotatable bonds is 3. The molecule has 2 aromatic carbocycles. The lowest BCUT2D eigenvalue weighted by molar-refractivity contribution is -0.131. The summed E-state index contributed by atoms with van der Waals surface area (Å²) in [4.78, 5) is 28.5. The molecule has 0 saturated carbocycles. The van der Waals surface area contributed by atoms with Crippen molar-refractivity contribution in [3.8, 4) is 0 Å². The minimum atomic E-state index is -0.125. The van der Waals surface area contributed by atoms with Crippen LogP contribution in [0.4, 0.5) is 5.69 Å². The lowest BCUT2D eigenvalue weighted by Crippen LogP contribution is -2.51. The number of halogens is 2. The van der Waals surface area contributed by atoms with Crippen LogP contribution in [0.25, 0.3) is 0 Å².